The first kappa shape index (κ1) is 5.42. The molecule has 0 saturated heterocycles. The van der Waals surface area contributed by atoms with Gasteiger partial charge >= 0.3 is 0 Å². The molecule has 0 amide bonds. The van der Waals surface area contributed by atoms with Gasteiger partial charge in [0.05, 0.1) is 0 Å². The number of halogens is 2. The molecule has 0 heterocycles. The maximum absolute atomic E-state index is 10.8. The van der Waals surface area contributed by atoms with E-state index in [1.807, 2.05) is 5.92 Å². The maximum atomic E-state index is 10.8. The Hall–Kier alpha value is -0.580. The van der Waals surface area contributed by atoms with Gasteiger partial charge < -0.3 is 0 Å². The Morgan fingerprint density at radius 3 is 2.00 bits per heavy atom. The number of hydrogen-bond donors (Lipinski definition) is 0. The third-order valence-corrected chi connectivity index (χ3v) is 0.211. The van der Waals surface area contributed by atoms with Crippen LogP contribution in [0.5, 0.6) is 0 Å². The smallest absolute Gasteiger partial charge is 0.196 e. The fraction of sp³-hybridized carbons (Fsp3) is 0.250. The molecule has 2 heteroatoms. The van der Waals surface area contributed by atoms with Crippen molar-refractivity contribution in [3.63, 3.8) is 0 Å². The number of hydrogen-bond acceptors (Lipinski definition) is 0. The zero-order valence-corrected chi connectivity index (χ0v) is 3.04. The molecule has 0 nitrogen and oxygen atoms in total. The van der Waals surface area contributed by atoms with Crippen molar-refractivity contribution < 1.29 is 8.78 Å². The van der Waals surface area contributed by atoms with Crippen molar-refractivity contribution in [2.24, 2.45) is 0 Å². The van der Waals surface area contributed by atoms with Gasteiger partial charge in [-0.05, 0) is 5.92 Å². The summed E-state index contributed by atoms with van der Waals surface area (Å²) in [5, 5.41) is 0. The van der Waals surface area contributed by atoms with Gasteiger partial charge in [0, 0.05) is 6.92 Å². The first-order valence-corrected chi connectivity index (χ1v) is 1.33. The Balaban J connectivity index is 3.20. The molecule has 0 fully saturated rings. The van der Waals surface area contributed by atoms with E-state index in [4.69, 9.17) is 0 Å². The topological polar surface area (TPSA) is 0 Å². The van der Waals surface area contributed by atoms with Crippen LogP contribution in [0.1, 0.15) is 0 Å². The quantitative estimate of drug-likeness (QED) is 0.390. The van der Waals surface area contributed by atoms with Crippen LogP contribution in [0.15, 0.2) is 0 Å². The van der Waals surface area contributed by atoms with Crippen molar-refractivity contribution in [1.29, 1.82) is 0 Å². The molecule has 0 aliphatic heterocycles. The van der Waals surface area contributed by atoms with Gasteiger partial charge in [-0.2, -0.15) is 8.78 Å². The fourth-order valence-electron chi connectivity index (χ4n) is 0.0772. The Labute approximate surface area is 35.2 Å². The highest BCUT2D eigenvalue weighted by Crippen LogP contribution is 1.84. The normalized spacial score (nSPS) is 7.33. The maximum Gasteiger partial charge on any atom is 0.298 e. The molecule has 0 spiro atoms. The van der Waals surface area contributed by atoms with E-state index in [9.17, 15) is 8.78 Å². The van der Waals surface area contributed by atoms with Crippen LogP contribution in [0, 0.1) is 18.8 Å². The standard InChI is InChI=1S/C4H3F2/c1-2-3-4(5)6/h4H,1H2. The van der Waals surface area contributed by atoms with Gasteiger partial charge in [0.1, 0.15) is 0 Å². The highest BCUT2D eigenvalue weighted by molar-refractivity contribution is 5.03. The minimum atomic E-state index is -2.53. The van der Waals surface area contributed by atoms with Crippen molar-refractivity contribution in [1.82, 2.24) is 0 Å². The van der Waals surface area contributed by atoms with Crippen LogP contribution in [-0.4, -0.2) is 6.43 Å². The molecule has 0 aliphatic carbocycles. The van der Waals surface area contributed by atoms with E-state index in [1.54, 1.807) is 0 Å². The van der Waals surface area contributed by atoms with Gasteiger partial charge in [0.2, 0.25) is 0 Å². The molecule has 0 saturated carbocycles. The second-order valence-corrected chi connectivity index (χ2v) is 0.622. The molecular weight excluding hydrogens is 86.0 g/mol. The highest BCUT2D eigenvalue weighted by atomic mass is 19.3. The Morgan fingerprint density at radius 1 is 1.50 bits per heavy atom. The molecule has 0 bridgehead atoms. The van der Waals surface area contributed by atoms with Crippen molar-refractivity contribution >= 4 is 0 Å². The van der Waals surface area contributed by atoms with E-state index >= 15 is 0 Å². The summed E-state index contributed by atoms with van der Waals surface area (Å²) in [6.45, 7) is 2.88. The Kier molecular flexibility index (Phi) is 2.39. The van der Waals surface area contributed by atoms with Gasteiger partial charge in [-0.3, -0.25) is 0 Å². The van der Waals surface area contributed by atoms with Gasteiger partial charge in [0.15, 0.2) is 0 Å². The molecule has 6 heavy (non-hydrogen) atoms. The van der Waals surface area contributed by atoms with Crippen LogP contribution in [0.3, 0.4) is 0 Å². The highest BCUT2D eigenvalue weighted by Gasteiger charge is 1.87. The average Bonchev–Trinajstić information content (AvgIpc) is 1.35. The minimum Gasteiger partial charge on any atom is -0.196 e. The predicted molar refractivity (Wildman–Crippen MR) is 19.1 cm³/mol. The van der Waals surface area contributed by atoms with Gasteiger partial charge in [0.25, 0.3) is 6.43 Å². The third kappa shape index (κ3) is 3.42. The lowest BCUT2D eigenvalue weighted by Gasteiger charge is -1.73. The predicted octanol–water partition coefficient (Wildman–Crippen LogP) is 1.09. The molecule has 0 aromatic carbocycles. The van der Waals surface area contributed by atoms with E-state index < -0.39 is 6.43 Å². The molecule has 1 radical (unpaired) electrons. The summed E-state index contributed by atoms with van der Waals surface area (Å²) in [7, 11) is 0. The first-order chi connectivity index (χ1) is 2.77. The van der Waals surface area contributed by atoms with E-state index in [0.717, 1.165) is 0 Å². The minimum absolute atomic E-state index is 1.51. The lowest BCUT2D eigenvalue weighted by molar-refractivity contribution is 0.215. The van der Waals surface area contributed by atoms with Crippen LogP contribution >= 0.6 is 0 Å². The number of alkyl halides is 2. The second-order valence-electron chi connectivity index (χ2n) is 0.622. The van der Waals surface area contributed by atoms with Crippen molar-refractivity contribution in [2.45, 2.75) is 6.43 Å². The summed E-state index contributed by atoms with van der Waals surface area (Å²) in [6, 6.07) is 0. The summed E-state index contributed by atoms with van der Waals surface area (Å²) >= 11 is 0. The first-order valence-electron chi connectivity index (χ1n) is 1.33. The Bertz CT molecular complexity index is 75.3. The SMILES string of the molecule is [CH2]C#CC(F)F. The molecule has 0 rings (SSSR count). The van der Waals surface area contributed by atoms with Gasteiger partial charge in [-0.25, -0.2) is 0 Å². The van der Waals surface area contributed by atoms with Crippen LogP contribution < -0.4 is 0 Å². The lowest BCUT2D eigenvalue weighted by Crippen LogP contribution is -1.78. The average molecular weight is 89.1 g/mol. The van der Waals surface area contributed by atoms with Crippen LogP contribution in [-0.2, 0) is 0 Å². The molecule has 0 N–H and O–H groups in total. The lowest BCUT2D eigenvalue weighted by atomic mass is 10.6. The summed E-state index contributed by atoms with van der Waals surface area (Å²) in [6.07, 6.45) is -2.53. The molecule has 33 valence electrons. The van der Waals surface area contributed by atoms with E-state index in [1.165, 1.54) is 5.92 Å². The van der Waals surface area contributed by atoms with E-state index in [0.29, 0.717) is 0 Å². The zero-order valence-electron chi connectivity index (χ0n) is 3.04. The van der Waals surface area contributed by atoms with Crippen molar-refractivity contribution in [2.75, 3.05) is 0 Å². The molecule has 0 unspecified atom stereocenters. The summed E-state index contributed by atoms with van der Waals surface area (Å²) in [5.74, 6) is 3.33. The largest absolute Gasteiger partial charge is 0.298 e. The fourth-order valence-corrected chi connectivity index (χ4v) is 0.0772. The monoisotopic (exact) mass is 89.0 g/mol. The molecule has 0 aromatic heterocycles. The molecular formula is C4H3F2. The molecule has 0 aromatic rings. The molecule has 0 aliphatic rings. The Morgan fingerprint density at radius 2 is 2.00 bits per heavy atom. The third-order valence-electron chi connectivity index (χ3n) is 0.211. The summed E-state index contributed by atoms with van der Waals surface area (Å²) in [5.41, 5.74) is 0. The van der Waals surface area contributed by atoms with Crippen LogP contribution in [0.2, 0.25) is 0 Å². The second kappa shape index (κ2) is 2.65. The van der Waals surface area contributed by atoms with Crippen LogP contribution in [0.4, 0.5) is 8.78 Å². The van der Waals surface area contributed by atoms with E-state index in [-0.39, 0.29) is 0 Å². The van der Waals surface area contributed by atoms with Gasteiger partial charge in [-0.1, -0.05) is 5.92 Å². The summed E-state index contributed by atoms with van der Waals surface area (Å²) < 4.78 is 21.6. The molecule has 0 atom stereocenters. The van der Waals surface area contributed by atoms with Crippen LogP contribution in [0.25, 0.3) is 0 Å². The van der Waals surface area contributed by atoms with E-state index in [2.05, 4.69) is 6.92 Å². The zero-order chi connectivity index (χ0) is 4.99. The number of rotatable bonds is 0. The summed E-state index contributed by atoms with van der Waals surface area (Å²) in [4.78, 5) is 0. The van der Waals surface area contributed by atoms with Crippen molar-refractivity contribution in [3.05, 3.63) is 6.92 Å². The van der Waals surface area contributed by atoms with Gasteiger partial charge in [-0.15, -0.1) is 0 Å². The van der Waals surface area contributed by atoms with Crippen molar-refractivity contribution in [3.8, 4) is 11.8 Å².